The third-order valence-electron chi connectivity index (χ3n) is 2.13. The normalized spacial score (nSPS) is 13.8. The van der Waals surface area contributed by atoms with Crippen LogP contribution in [-0.2, 0) is 14.4 Å². The van der Waals surface area contributed by atoms with E-state index in [2.05, 4.69) is 10.6 Å². The lowest BCUT2D eigenvalue weighted by Crippen LogP contribution is -2.47. The lowest BCUT2D eigenvalue weighted by atomic mass is 10.2. The van der Waals surface area contributed by atoms with E-state index < -0.39 is 30.4 Å². The molecule has 5 N–H and O–H groups in total. The fourth-order valence-corrected chi connectivity index (χ4v) is 1.31. The van der Waals surface area contributed by atoms with Gasteiger partial charge >= 0.3 is 17.9 Å². The molecule has 0 rings (SSSR count). The van der Waals surface area contributed by atoms with Gasteiger partial charge in [0.05, 0.1) is 12.8 Å². The topological polar surface area (TPSA) is 136 Å². The number of carbonyl (C=O) groups is 3. The van der Waals surface area contributed by atoms with E-state index in [4.69, 9.17) is 15.3 Å². The predicted octanol–water partition coefficient (Wildman–Crippen LogP) is -1.04. The summed E-state index contributed by atoms with van der Waals surface area (Å²) in [4.78, 5) is 31.4. The number of rotatable bonds is 10. The zero-order chi connectivity index (χ0) is 14.1. The minimum absolute atomic E-state index is 0.0236. The molecule has 0 aliphatic carbocycles. The van der Waals surface area contributed by atoms with Gasteiger partial charge in [-0.3, -0.25) is 14.4 Å². The van der Waals surface area contributed by atoms with Crippen molar-refractivity contribution in [3.05, 3.63) is 0 Å². The number of hydrogen-bond donors (Lipinski definition) is 5. The zero-order valence-corrected chi connectivity index (χ0v) is 10.0. The van der Waals surface area contributed by atoms with Gasteiger partial charge in [0.15, 0.2) is 0 Å². The molecule has 8 heteroatoms. The molecule has 0 radical (unpaired) electrons. The minimum Gasteiger partial charge on any atom is -0.481 e. The van der Waals surface area contributed by atoms with Crippen LogP contribution in [0.2, 0.25) is 0 Å². The van der Waals surface area contributed by atoms with Gasteiger partial charge in [0, 0.05) is 19.1 Å². The molecule has 0 amide bonds. The summed E-state index contributed by atoms with van der Waals surface area (Å²) in [6, 6.07) is -1.43. The van der Waals surface area contributed by atoms with E-state index >= 15 is 0 Å². The van der Waals surface area contributed by atoms with E-state index in [0.29, 0.717) is 6.54 Å². The van der Waals surface area contributed by atoms with Crippen molar-refractivity contribution in [1.82, 2.24) is 10.6 Å². The van der Waals surface area contributed by atoms with Crippen LogP contribution in [0.3, 0.4) is 0 Å². The maximum Gasteiger partial charge on any atom is 0.321 e. The largest absolute Gasteiger partial charge is 0.481 e. The van der Waals surface area contributed by atoms with Crippen LogP contribution in [0.1, 0.15) is 19.8 Å². The molecule has 0 aliphatic heterocycles. The molecule has 0 saturated heterocycles. The zero-order valence-electron chi connectivity index (χ0n) is 10.0. The molecule has 0 fully saturated rings. The van der Waals surface area contributed by atoms with Crippen LogP contribution >= 0.6 is 0 Å². The molecular formula is C10H18N2O6. The lowest BCUT2D eigenvalue weighted by Gasteiger charge is -2.19. The van der Waals surface area contributed by atoms with Gasteiger partial charge in [0.1, 0.15) is 6.04 Å². The highest BCUT2D eigenvalue weighted by molar-refractivity contribution is 5.80. The van der Waals surface area contributed by atoms with E-state index in [-0.39, 0.29) is 19.0 Å². The summed E-state index contributed by atoms with van der Waals surface area (Å²) in [6.45, 7) is 2.32. The number of hydrogen-bond acceptors (Lipinski definition) is 5. The number of aliphatic carboxylic acids is 3. The third-order valence-corrected chi connectivity index (χ3v) is 2.13. The molecule has 0 aromatic heterocycles. The van der Waals surface area contributed by atoms with Gasteiger partial charge in [-0.25, -0.2) is 0 Å². The Hall–Kier alpha value is -1.67. The Morgan fingerprint density at radius 2 is 1.72 bits per heavy atom. The molecule has 0 aromatic rings. The summed E-state index contributed by atoms with van der Waals surface area (Å²) in [6.07, 6.45) is -0.529. The molecule has 8 nitrogen and oxygen atoms in total. The Kier molecular flexibility index (Phi) is 7.64. The van der Waals surface area contributed by atoms with E-state index in [1.807, 2.05) is 0 Å². The predicted molar refractivity (Wildman–Crippen MR) is 61.4 cm³/mol. The van der Waals surface area contributed by atoms with Crippen molar-refractivity contribution in [1.29, 1.82) is 0 Å². The van der Waals surface area contributed by atoms with Gasteiger partial charge < -0.3 is 26.0 Å². The van der Waals surface area contributed by atoms with Crippen LogP contribution in [0.15, 0.2) is 0 Å². The minimum atomic E-state index is -1.23. The fraction of sp³-hybridized carbons (Fsp3) is 0.700. The molecule has 0 aromatic carbocycles. The summed E-state index contributed by atoms with van der Waals surface area (Å²) in [5.41, 5.74) is 0. The molecule has 0 bridgehead atoms. The van der Waals surface area contributed by atoms with Crippen LogP contribution in [0.4, 0.5) is 0 Å². The first-order valence-corrected chi connectivity index (χ1v) is 5.46. The SMILES string of the molecule is CC(CNCCC(=O)O)NC(CC(=O)O)C(=O)O. The highest BCUT2D eigenvalue weighted by Gasteiger charge is 2.22. The van der Waals surface area contributed by atoms with Gasteiger partial charge in [-0.05, 0) is 6.92 Å². The van der Waals surface area contributed by atoms with Crippen molar-refractivity contribution in [2.75, 3.05) is 13.1 Å². The molecule has 0 saturated carbocycles. The lowest BCUT2D eigenvalue weighted by molar-refractivity contribution is -0.146. The van der Waals surface area contributed by atoms with Crippen LogP contribution in [-0.4, -0.2) is 58.4 Å². The van der Waals surface area contributed by atoms with Gasteiger partial charge in [-0.15, -0.1) is 0 Å². The number of nitrogens with one attached hydrogen (secondary N) is 2. The maximum absolute atomic E-state index is 10.8. The molecule has 0 aliphatic rings. The van der Waals surface area contributed by atoms with Crippen molar-refractivity contribution in [2.45, 2.75) is 31.8 Å². The third kappa shape index (κ3) is 8.48. The number of carboxylic acids is 3. The smallest absolute Gasteiger partial charge is 0.321 e. The summed E-state index contributed by atoms with van der Waals surface area (Å²) in [5.74, 6) is -3.34. The molecule has 0 spiro atoms. The number of carboxylic acid groups (broad SMARTS) is 3. The monoisotopic (exact) mass is 262 g/mol. The van der Waals surface area contributed by atoms with Gasteiger partial charge in [0.25, 0.3) is 0 Å². The molecule has 18 heavy (non-hydrogen) atoms. The average Bonchev–Trinajstić information content (AvgIpc) is 2.22. The Morgan fingerprint density at radius 1 is 1.11 bits per heavy atom. The first-order chi connectivity index (χ1) is 8.32. The van der Waals surface area contributed by atoms with Gasteiger partial charge in [-0.1, -0.05) is 0 Å². The fourth-order valence-electron chi connectivity index (χ4n) is 1.31. The molecular weight excluding hydrogens is 244 g/mol. The Morgan fingerprint density at radius 3 is 2.17 bits per heavy atom. The van der Waals surface area contributed by atoms with Gasteiger partial charge in [0.2, 0.25) is 0 Å². The molecule has 2 atom stereocenters. The maximum atomic E-state index is 10.8. The van der Waals surface area contributed by atoms with E-state index in [1.54, 1.807) is 6.92 Å². The standard InChI is InChI=1S/C10H18N2O6/c1-6(5-11-3-2-8(13)14)12-7(10(17)18)4-9(15)16/h6-7,11-12H,2-5H2,1H3,(H,13,14)(H,15,16)(H,17,18). The van der Waals surface area contributed by atoms with Crippen molar-refractivity contribution < 1.29 is 29.7 Å². The Labute approximate surface area is 104 Å². The van der Waals surface area contributed by atoms with Crippen LogP contribution in [0.25, 0.3) is 0 Å². The average molecular weight is 262 g/mol. The first-order valence-electron chi connectivity index (χ1n) is 5.46. The molecule has 2 unspecified atom stereocenters. The van der Waals surface area contributed by atoms with E-state index in [9.17, 15) is 14.4 Å². The van der Waals surface area contributed by atoms with E-state index in [0.717, 1.165) is 0 Å². The summed E-state index contributed by atoms with van der Waals surface area (Å²) < 4.78 is 0. The van der Waals surface area contributed by atoms with Crippen molar-refractivity contribution in [3.63, 3.8) is 0 Å². The summed E-state index contributed by atoms with van der Waals surface area (Å²) in [7, 11) is 0. The highest BCUT2D eigenvalue weighted by atomic mass is 16.4. The molecule has 0 heterocycles. The second-order valence-corrected chi connectivity index (χ2v) is 3.90. The van der Waals surface area contributed by atoms with Crippen LogP contribution < -0.4 is 10.6 Å². The first kappa shape index (κ1) is 16.3. The Balaban J connectivity index is 3.94. The second kappa shape index (κ2) is 8.43. The molecule has 104 valence electrons. The summed E-state index contributed by atoms with van der Waals surface area (Å²) in [5, 5.41) is 31.2. The van der Waals surface area contributed by atoms with E-state index in [1.165, 1.54) is 0 Å². The van der Waals surface area contributed by atoms with Crippen molar-refractivity contribution in [2.24, 2.45) is 0 Å². The van der Waals surface area contributed by atoms with Gasteiger partial charge in [-0.2, -0.15) is 0 Å². The summed E-state index contributed by atoms with van der Waals surface area (Å²) >= 11 is 0. The van der Waals surface area contributed by atoms with Crippen LogP contribution in [0.5, 0.6) is 0 Å². The second-order valence-electron chi connectivity index (χ2n) is 3.90. The van der Waals surface area contributed by atoms with Crippen molar-refractivity contribution in [3.8, 4) is 0 Å². The highest BCUT2D eigenvalue weighted by Crippen LogP contribution is 1.95. The Bertz CT molecular complexity index is 307. The van der Waals surface area contributed by atoms with Crippen molar-refractivity contribution >= 4 is 17.9 Å². The van der Waals surface area contributed by atoms with Crippen LogP contribution in [0, 0.1) is 0 Å². The quantitative estimate of drug-likeness (QED) is 0.315.